The van der Waals surface area contributed by atoms with Crippen LogP contribution in [0, 0.1) is 0 Å². The van der Waals surface area contributed by atoms with Crippen molar-refractivity contribution in [2.45, 2.75) is 19.1 Å². The zero-order valence-corrected chi connectivity index (χ0v) is 13.3. The molecule has 1 aliphatic rings. The molecule has 1 fully saturated rings. The van der Waals surface area contributed by atoms with Crippen molar-refractivity contribution in [1.82, 2.24) is 10.2 Å². The van der Waals surface area contributed by atoms with Crippen LogP contribution in [0.5, 0.6) is 0 Å². The Morgan fingerprint density at radius 3 is 2.69 bits per heavy atom. The number of rotatable bonds is 5. The summed E-state index contributed by atoms with van der Waals surface area (Å²) >= 11 is 0. The molecule has 144 valence electrons. The zero-order chi connectivity index (χ0) is 29.9. The number of benzene rings is 1. The third-order valence-corrected chi connectivity index (χ3v) is 3.05. The number of nitrogens with one attached hydrogen (secondary N) is 1. The van der Waals surface area contributed by atoms with Gasteiger partial charge in [0.15, 0.2) is 0 Å². The Morgan fingerprint density at radius 2 is 2.12 bits per heavy atom. The van der Waals surface area contributed by atoms with E-state index in [1.165, 1.54) is 0 Å². The van der Waals surface area contributed by atoms with Crippen LogP contribution in [0.3, 0.4) is 0 Å². The molecule has 1 aromatic carbocycles. The number of methoxy groups -OCH3 is 1. The van der Waals surface area contributed by atoms with Gasteiger partial charge in [-0.1, -0.05) is 6.07 Å². The van der Waals surface area contributed by atoms with Gasteiger partial charge in [0, 0.05) is 49.7 Å². The van der Waals surface area contributed by atoms with Crippen LogP contribution >= 0.6 is 0 Å². The van der Waals surface area contributed by atoms with E-state index in [1.54, 1.807) is 5.32 Å². The molecule has 0 bridgehead atoms. The summed E-state index contributed by atoms with van der Waals surface area (Å²) in [4.78, 5) is 24.5. The van der Waals surface area contributed by atoms with Gasteiger partial charge >= 0.3 is 6.18 Å². The van der Waals surface area contributed by atoms with Crippen LogP contribution in [-0.2, 0) is 20.5 Å². The summed E-state index contributed by atoms with van der Waals surface area (Å²) in [6.45, 7) is -19.4. The molecule has 26 heavy (non-hydrogen) atoms. The Morgan fingerprint density at radius 1 is 1.42 bits per heavy atom. The molecule has 0 aromatic heterocycles. The van der Waals surface area contributed by atoms with E-state index in [1.807, 2.05) is 0 Å². The zero-order valence-electron chi connectivity index (χ0n) is 25.3. The van der Waals surface area contributed by atoms with Crippen LogP contribution in [0.15, 0.2) is 24.2 Å². The summed E-state index contributed by atoms with van der Waals surface area (Å²) in [5.74, 6) is -3.54. The Bertz CT molecular complexity index is 1070. The Balaban J connectivity index is 2.73. The fourth-order valence-corrected chi connectivity index (χ4v) is 1.91. The van der Waals surface area contributed by atoms with Crippen LogP contribution in [-0.4, -0.2) is 62.5 Å². The smallest absolute Gasteiger partial charge is 0.382 e. The first kappa shape index (κ1) is 9.07. The molecule has 1 aromatic rings. The van der Waals surface area contributed by atoms with Crippen LogP contribution in [0.25, 0.3) is 0 Å². The van der Waals surface area contributed by atoms with E-state index in [-0.39, 0.29) is 11.0 Å². The predicted molar refractivity (Wildman–Crippen MR) is 89.7 cm³/mol. The number of piperazine rings is 1. The maximum atomic E-state index is 13.4. The molecule has 1 N–H and O–H groups in total. The van der Waals surface area contributed by atoms with E-state index < -0.39 is 85.7 Å². The average Bonchev–Trinajstić information content (AvgIpc) is 2.71. The normalized spacial score (nSPS) is 31.4. The third-order valence-electron chi connectivity index (χ3n) is 3.05. The summed E-state index contributed by atoms with van der Waals surface area (Å²) in [6.07, 6.45) is -5.16. The van der Waals surface area contributed by atoms with Crippen molar-refractivity contribution in [3.05, 3.63) is 29.8 Å². The molecule has 0 unspecified atom stereocenters. The number of hydrogen-bond acceptors (Lipinski definition) is 4. The van der Waals surface area contributed by atoms with Crippen molar-refractivity contribution in [2.24, 2.45) is 0 Å². The van der Waals surface area contributed by atoms with E-state index in [0.717, 1.165) is 7.11 Å². The maximum Gasteiger partial charge on any atom is 0.416 e. The van der Waals surface area contributed by atoms with Gasteiger partial charge in [0.1, 0.15) is 6.04 Å². The molecule has 1 atom stereocenters. The van der Waals surface area contributed by atoms with Gasteiger partial charge in [0.05, 0.1) is 24.5 Å². The lowest BCUT2D eigenvalue weighted by Gasteiger charge is -2.37. The number of carbonyl (C=O) groups is 2. The average molecular weight is 385 g/mol. The molecule has 0 radical (unpaired) electrons. The van der Waals surface area contributed by atoms with E-state index >= 15 is 0 Å². The lowest BCUT2D eigenvalue weighted by Crippen LogP contribution is -2.56. The quantitative estimate of drug-likeness (QED) is 0.835. The lowest BCUT2D eigenvalue weighted by molar-refractivity contribution is -0.137. The number of carbonyl (C=O) groups excluding carboxylic acids is 2. The van der Waals surface area contributed by atoms with E-state index in [4.69, 9.17) is 21.2 Å². The molecule has 0 aliphatic carbocycles. The monoisotopic (exact) mass is 385 g/mol. The minimum atomic E-state index is -5.16. The number of halogens is 3. The van der Waals surface area contributed by atoms with Gasteiger partial charge in [-0.2, -0.15) is 13.2 Å². The molecule has 1 saturated heterocycles. The van der Waals surface area contributed by atoms with E-state index in [0.29, 0.717) is 12.1 Å². The summed E-state index contributed by atoms with van der Waals surface area (Å²) in [5.41, 5.74) is -2.64. The van der Waals surface area contributed by atoms with Crippen LogP contribution in [0.4, 0.5) is 18.9 Å². The third kappa shape index (κ3) is 5.10. The first-order valence-electron chi connectivity index (χ1n) is 13.0. The summed E-state index contributed by atoms with van der Waals surface area (Å²) in [7, 11) is 0.982. The molecule has 2 amide bonds. The predicted octanol–water partition coefficient (Wildman–Crippen LogP) is 1.51. The fraction of sp³-hybridized carbons (Fsp3) is 0.529. The molecule has 9 heteroatoms. The van der Waals surface area contributed by atoms with Gasteiger partial charge in [0.25, 0.3) is 0 Å². The van der Waals surface area contributed by atoms with Crippen molar-refractivity contribution in [3.8, 4) is 0 Å². The van der Waals surface area contributed by atoms with Gasteiger partial charge in [-0.3, -0.25) is 9.59 Å². The number of alkyl halides is 3. The largest absolute Gasteiger partial charge is 0.416 e. The highest BCUT2D eigenvalue weighted by Gasteiger charge is 2.32. The van der Waals surface area contributed by atoms with Crippen molar-refractivity contribution in [2.75, 3.05) is 44.6 Å². The second kappa shape index (κ2) is 8.39. The van der Waals surface area contributed by atoms with Crippen molar-refractivity contribution < 1.29 is 43.9 Å². The van der Waals surface area contributed by atoms with Gasteiger partial charge in [-0.25, -0.2) is 0 Å². The number of hydrogen-bond donors (Lipinski definition) is 1. The highest BCUT2D eigenvalue weighted by atomic mass is 19.4. The van der Waals surface area contributed by atoms with Crippen LogP contribution in [0.2, 0.25) is 0 Å². The van der Waals surface area contributed by atoms with Crippen LogP contribution in [0.1, 0.15) is 28.9 Å². The Kier molecular flexibility index (Phi) is 2.93. The second-order valence-corrected chi connectivity index (χ2v) is 4.90. The van der Waals surface area contributed by atoms with E-state index in [2.05, 4.69) is 0 Å². The Hall–Kier alpha value is -2.29. The molecular weight excluding hydrogens is 351 g/mol. The second-order valence-electron chi connectivity index (χ2n) is 4.90. The van der Waals surface area contributed by atoms with Gasteiger partial charge in [0.2, 0.25) is 11.8 Å². The molecule has 2 rings (SSSR count). The van der Waals surface area contributed by atoms with Gasteiger partial charge in [-0.15, -0.1) is 0 Å². The van der Waals surface area contributed by atoms with Crippen molar-refractivity contribution in [1.29, 1.82) is 0 Å². The number of nitrogens with zero attached hydrogens (tertiary/aromatic N) is 2. The summed E-state index contributed by atoms with van der Waals surface area (Å²) < 4.78 is 140. The molecule has 0 saturated carbocycles. The van der Waals surface area contributed by atoms with Crippen molar-refractivity contribution >= 4 is 17.5 Å². The van der Waals surface area contributed by atoms with Gasteiger partial charge < -0.3 is 19.9 Å². The fourth-order valence-electron chi connectivity index (χ4n) is 1.91. The lowest BCUT2D eigenvalue weighted by atomic mass is 10.1. The SMILES string of the molecule is [2H]c1ccc(N2C([2H])([2H])C([2H])([2H])N(C(=O)[C@@H](COC)NC(=O)C([2H])([2H])[2H])C([2H])([2H])C2([2H])[2H])cc1C(F)(F)F. The number of ether oxygens (including phenoxy) is 1. The first-order valence-corrected chi connectivity index (χ1v) is 6.99. The number of anilines is 1. The number of amides is 2. The molecule has 1 aliphatic heterocycles. The highest BCUT2D eigenvalue weighted by molar-refractivity contribution is 5.87. The molecule has 0 spiro atoms. The maximum absolute atomic E-state index is 13.4. The standard InChI is InChI=1S/C17H22F3N3O3/c1-12(24)21-15(11-26-2)16(25)23-8-6-22(7-9-23)14-5-3-4-13(10-14)17(18,19)20/h3-5,10,15H,6-9,11H2,1-2H3,(H,21,24)/t15-/m1/s1/i1D3,4D,6D2,7D2,8D2,9D2. The Labute approximate surface area is 166 Å². The minimum Gasteiger partial charge on any atom is -0.382 e. The molecule has 6 nitrogen and oxygen atoms in total. The van der Waals surface area contributed by atoms with Crippen LogP contribution < -0.4 is 10.2 Å². The van der Waals surface area contributed by atoms with Gasteiger partial charge in [-0.05, 0) is 18.2 Å². The highest BCUT2D eigenvalue weighted by Crippen LogP contribution is 2.31. The first-order chi connectivity index (χ1) is 16.9. The summed E-state index contributed by atoms with van der Waals surface area (Å²) in [5, 5.41) is 1.70. The summed E-state index contributed by atoms with van der Waals surface area (Å²) in [6, 6.07) is -1.87. The molecule has 1 heterocycles. The van der Waals surface area contributed by atoms with E-state index in [9.17, 15) is 22.8 Å². The topological polar surface area (TPSA) is 61.9 Å². The van der Waals surface area contributed by atoms with Crippen molar-refractivity contribution in [3.63, 3.8) is 0 Å². The molecular formula is C17H22F3N3O3. The minimum absolute atomic E-state index is 0.145.